The molecule has 4 nitrogen and oxygen atoms in total. The number of hydrogen-bond donors (Lipinski definition) is 1. The molecule has 2 heterocycles. The summed E-state index contributed by atoms with van der Waals surface area (Å²) >= 11 is 4.89. The Hall–Kier alpha value is -1.14. The second kappa shape index (κ2) is 5.46. The normalized spacial score (nSPS) is 12.5. The molecule has 0 saturated heterocycles. The average molecular weight is 342 g/mol. The van der Waals surface area contributed by atoms with E-state index in [-0.39, 0.29) is 11.9 Å². The molecule has 0 saturated carbocycles. The molecule has 1 unspecified atom stereocenters. The van der Waals surface area contributed by atoms with Crippen molar-refractivity contribution in [3.63, 3.8) is 0 Å². The summed E-state index contributed by atoms with van der Waals surface area (Å²) in [5, 5.41) is 7.20. The van der Waals surface area contributed by atoms with Crippen molar-refractivity contribution in [2.45, 2.75) is 26.8 Å². The molecule has 1 N–H and O–H groups in total. The molecule has 1 amide bonds. The van der Waals surface area contributed by atoms with E-state index in [0.29, 0.717) is 0 Å². The summed E-state index contributed by atoms with van der Waals surface area (Å²) in [5.41, 5.74) is 3.19. The van der Waals surface area contributed by atoms with Gasteiger partial charge in [0.15, 0.2) is 0 Å². The third-order valence-corrected chi connectivity index (χ3v) is 5.30. The maximum absolute atomic E-state index is 12.2. The second-order valence-electron chi connectivity index (χ2n) is 4.57. The molecule has 19 heavy (non-hydrogen) atoms. The number of nitrogens with zero attached hydrogens (tertiary/aromatic N) is 2. The summed E-state index contributed by atoms with van der Waals surface area (Å²) in [6.45, 7) is 5.94. The molecule has 0 spiro atoms. The lowest BCUT2D eigenvalue weighted by atomic mass is 10.1. The Labute approximate surface area is 125 Å². The molecule has 2 aromatic rings. The highest BCUT2D eigenvalue weighted by Crippen LogP contribution is 2.27. The van der Waals surface area contributed by atoms with E-state index in [2.05, 4.69) is 26.3 Å². The molecule has 0 radical (unpaired) electrons. The quantitative estimate of drug-likeness (QED) is 0.930. The van der Waals surface area contributed by atoms with Crippen LogP contribution in [0.3, 0.4) is 0 Å². The molecule has 0 bridgehead atoms. The maximum atomic E-state index is 12.2. The molecular weight excluding hydrogens is 326 g/mol. The van der Waals surface area contributed by atoms with E-state index in [4.69, 9.17) is 0 Å². The topological polar surface area (TPSA) is 46.9 Å². The van der Waals surface area contributed by atoms with Crippen molar-refractivity contribution < 1.29 is 4.79 Å². The van der Waals surface area contributed by atoms with Crippen LogP contribution in [0.2, 0.25) is 0 Å². The summed E-state index contributed by atoms with van der Waals surface area (Å²) in [6, 6.07) is 1.84. The van der Waals surface area contributed by atoms with Crippen molar-refractivity contribution >= 4 is 33.2 Å². The van der Waals surface area contributed by atoms with Gasteiger partial charge in [-0.1, -0.05) is 0 Å². The molecule has 2 rings (SSSR count). The molecular formula is C13H16BrN3OS. The van der Waals surface area contributed by atoms with Gasteiger partial charge in [0.05, 0.1) is 20.9 Å². The number of carbonyl (C=O) groups is 1. The van der Waals surface area contributed by atoms with Gasteiger partial charge in [0.2, 0.25) is 0 Å². The predicted molar refractivity (Wildman–Crippen MR) is 80.6 cm³/mol. The number of nitrogens with one attached hydrogen (secondary N) is 1. The van der Waals surface area contributed by atoms with Crippen molar-refractivity contribution in [1.82, 2.24) is 15.1 Å². The highest BCUT2D eigenvalue weighted by molar-refractivity contribution is 9.11. The minimum Gasteiger partial charge on any atom is -0.345 e. The number of hydrogen-bond acceptors (Lipinski definition) is 3. The summed E-state index contributed by atoms with van der Waals surface area (Å²) in [7, 11) is 1.90. The van der Waals surface area contributed by atoms with Crippen LogP contribution in [0, 0.1) is 13.8 Å². The first kappa shape index (κ1) is 14.3. The minimum absolute atomic E-state index is 0.0467. The SMILES string of the molecule is Cc1cc(C(=O)NC(C)c2cnn(C)c2C)sc1Br. The molecule has 2 aromatic heterocycles. The first-order valence-corrected chi connectivity index (χ1v) is 7.56. The molecule has 0 aromatic carbocycles. The molecule has 1 atom stereocenters. The van der Waals surface area contributed by atoms with Gasteiger partial charge in [-0.2, -0.15) is 5.10 Å². The number of amides is 1. The standard InChI is InChI=1S/C13H16BrN3OS/c1-7-5-11(19-12(7)14)13(18)16-8(2)10-6-15-17(4)9(10)3/h5-6,8H,1-4H3,(H,16,18). The Morgan fingerprint density at radius 1 is 1.53 bits per heavy atom. The fourth-order valence-electron chi connectivity index (χ4n) is 1.86. The van der Waals surface area contributed by atoms with Crippen LogP contribution >= 0.6 is 27.3 Å². The van der Waals surface area contributed by atoms with Gasteiger partial charge in [0, 0.05) is 18.3 Å². The van der Waals surface area contributed by atoms with Crippen molar-refractivity contribution in [3.05, 3.63) is 37.7 Å². The van der Waals surface area contributed by atoms with Crippen molar-refractivity contribution in [1.29, 1.82) is 0 Å². The van der Waals surface area contributed by atoms with Gasteiger partial charge in [-0.05, 0) is 48.3 Å². The number of aromatic nitrogens is 2. The van der Waals surface area contributed by atoms with Gasteiger partial charge in [-0.15, -0.1) is 11.3 Å². The van der Waals surface area contributed by atoms with Crippen molar-refractivity contribution in [2.24, 2.45) is 7.05 Å². The monoisotopic (exact) mass is 341 g/mol. The van der Waals surface area contributed by atoms with Crippen LogP contribution in [0.25, 0.3) is 0 Å². The zero-order valence-corrected chi connectivity index (χ0v) is 13.7. The van der Waals surface area contributed by atoms with Crippen molar-refractivity contribution in [3.8, 4) is 0 Å². The fourth-order valence-corrected chi connectivity index (χ4v) is 3.30. The lowest BCUT2D eigenvalue weighted by Crippen LogP contribution is -2.26. The first-order chi connectivity index (χ1) is 8.90. The third kappa shape index (κ3) is 2.90. The van der Waals surface area contributed by atoms with Gasteiger partial charge in [-0.3, -0.25) is 9.48 Å². The zero-order valence-electron chi connectivity index (χ0n) is 11.3. The second-order valence-corrected chi connectivity index (χ2v) is 6.94. The van der Waals surface area contributed by atoms with Crippen LogP contribution in [-0.4, -0.2) is 15.7 Å². The van der Waals surface area contributed by atoms with Crippen LogP contribution in [0.4, 0.5) is 0 Å². The fraction of sp³-hybridized carbons (Fsp3) is 0.385. The van der Waals surface area contributed by atoms with Gasteiger partial charge in [0.1, 0.15) is 0 Å². The van der Waals surface area contributed by atoms with Crippen LogP contribution in [0.15, 0.2) is 16.0 Å². The van der Waals surface area contributed by atoms with Gasteiger partial charge >= 0.3 is 0 Å². The van der Waals surface area contributed by atoms with Crippen LogP contribution in [-0.2, 0) is 7.05 Å². The summed E-state index contributed by atoms with van der Waals surface area (Å²) in [5.74, 6) is -0.0467. The smallest absolute Gasteiger partial charge is 0.261 e. The number of thiophene rings is 1. The molecule has 0 aliphatic heterocycles. The van der Waals surface area contributed by atoms with Crippen molar-refractivity contribution in [2.75, 3.05) is 0 Å². The van der Waals surface area contributed by atoms with E-state index >= 15 is 0 Å². The summed E-state index contributed by atoms with van der Waals surface area (Å²) in [4.78, 5) is 12.9. The third-order valence-electron chi connectivity index (χ3n) is 3.17. The maximum Gasteiger partial charge on any atom is 0.261 e. The lowest BCUT2D eigenvalue weighted by molar-refractivity contribution is 0.0944. The Morgan fingerprint density at radius 3 is 2.68 bits per heavy atom. The Balaban J connectivity index is 2.13. The van der Waals surface area contributed by atoms with Crippen LogP contribution < -0.4 is 5.32 Å². The van der Waals surface area contributed by atoms with Gasteiger partial charge < -0.3 is 5.32 Å². The van der Waals surface area contributed by atoms with E-state index in [1.807, 2.05) is 38.6 Å². The Kier molecular flexibility index (Phi) is 4.10. The number of halogens is 1. The van der Waals surface area contributed by atoms with E-state index < -0.39 is 0 Å². The van der Waals surface area contributed by atoms with E-state index in [1.54, 1.807) is 6.20 Å². The Bertz CT molecular complexity index is 598. The largest absolute Gasteiger partial charge is 0.345 e. The molecule has 102 valence electrons. The molecule has 0 fully saturated rings. The lowest BCUT2D eigenvalue weighted by Gasteiger charge is -2.12. The predicted octanol–water partition coefficient (Wildman–Crippen LogP) is 3.35. The van der Waals surface area contributed by atoms with Gasteiger partial charge in [0.25, 0.3) is 5.91 Å². The van der Waals surface area contributed by atoms with E-state index in [1.165, 1.54) is 11.3 Å². The number of rotatable bonds is 3. The summed E-state index contributed by atoms with van der Waals surface area (Å²) in [6.07, 6.45) is 1.80. The highest BCUT2D eigenvalue weighted by atomic mass is 79.9. The minimum atomic E-state index is -0.0534. The Morgan fingerprint density at radius 2 is 2.21 bits per heavy atom. The molecule has 0 aliphatic rings. The van der Waals surface area contributed by atoms with Crippen LogP contribution in [0.5, 0.6) is 0 Å². The zero-order chi connectivity index (χ0) is 14.2. The summed E-state index contributed by atoms with van der Waals surface area (Å²) < 4.78 is 2.81. The van der Waals surface area contributed by atoms with E-state index in [0.717, 1.165) is 25.5 Å². The molecule has 0 aliphatic carbocycles. The molecule has 6 heteroatoms. The first-order valence-electron chi connectivity index (χ1n) is 5.95. The number of aryl methyl sites for hydroxylation is 2. The average Bonchev–Trinajstić information content (AvgIpc) is 2.85. The highest BCUT2D eigenvalue weighted by Gasteiger charge is 2.17. The number of carbonyl (C=O) groups excluding carboxylic acids is 1. The van der Waals surface area contributed by atoms with Gasteiger partial charge in [-0.25, -0.2) is 0 Å². The van der Waals surface area contributed by atoms with Crippen LogP contribution in [0.1, 0.15) is 39.5 Å². The van der Waals surface area contributed by atoms with E-state index in [9.17, 15) is 4.79 Å².